The lowest BCUT2D eigenvalue weighted by Gasteiger charge is -2.08. The summed E-state index contributed by atoms with van der Waals surface area (Å²) in [6, 6.07) is 6.34. The quantitative estimate of drug-likeness (QED) is 0.406. The predicted molar refractivity (Wildman–Crippen MR) is 91.9 cm³/mol. The van der Waals surface area contributed by atoms with Crippen LogP contribution in [0.15, 0.2) is 24.3 Å². The molecule has 0 aliphatic heterocycles. The molecule has 2 aromatic rings. The molecular formula is C15H9Cl4NO4. The Bertz CT molecular complexity index is 793. The van der Waals surface area contributed by atoms with E-state index in [1.165, 1.54) is 7.11 Å². The first-order valence-electron chi connectivity index (χ1n) is 6.39. The molecule has 0 bridgehead atoms. The van der Waals surface area contributed by atoms with Gasteiger partial charge < -0.3 is 9.47 Å². The average molecular weight is 409 g/mol. The fourth-order valence-electron chi connectivity index (χ4n) is 1.68. The van der Waals surface area contributed by atoms with Gasteiger partial charge in [-0.25, -0.2) is 9.78 Å². The molecule has 0 spiro atoms. The maximum Gasteiger partial charge on any atom is 0.359 e. The smallest absolute Gasteiger partial charge is 0.359 e. The maximum atomic E-state index is 12.0. The summed E-state index contributed by atoms with van der Waals surface area (Å²) in [4.78, 5) is 27.7. The number of ether oxygens (including phenoxy) is 2. The molecule has 0 radical (unpaired) electrons. The third-order valence-electron chi connectivity index (χ3n) is 2.92. The third-order valence-corrected chi connectivity index (χ3v) is 4.60. The van der Waals surface area contributed by atoms with E-state index in [4.69, 9.17) is 55.9 Å². The number of halogens is 4. The lowest BCUT2D eigenvalue weighted by Crippen LogP contribution is -2.16. The Morgan fingerprint density at radius 3 is 2.21 bits per heavy atom. The number of methoxy groups -OCH3 is 1. The molecule has 24 heavy (non-hydrogen) atoms. The molecule has 0 saturated carbocycles. The van der Waals surface area contributed by atoms with E-state index in [0.29, 0.717) is 11.3 Å². The van der Waals surface area contributed by atoms with E-state index in [9.17, 15) is 9.59 Å². The van der Waals surface area contributed by atoms with Crippen LogP contribution < -0.4 is 4.74 Å². The first kappa shape index (κ1) is 18.8. The fourth-order valence-corrected chi connectivity index (χ4v) is 2.49. The predicted octanol–water partition coefficient (Wildman–Crippen LogP) is 4.74. The van der Waals surface area contributed by atoms with E-state index in [1.54, 1.807) is 24.3 Å². The number of ketones is 1. The Kier molecular flexibility index (Phi) is 6.29. The van der Waals surface area contributed by atoms with Crippen molar-refractivity contribution in [2.24, 2.45) is 0 Å². The largest absolute Gasteiger partial charge is 0.497 e. The number of Topliss-reactive ketones (excluding diaryl/α,β-unsaturated/α-hetero) is 1. The van der Waals surface area contributed by atoms with Gasteiger partial charge in [0, 0.05) is 5.56 Å². The van der Waals surface area contributed by atoms with Crippen LogP contribution in [-0.4, -0.2) is 30.5 Å². The van der Waals surface area contributed by atoms with E-state index in [1.807, 2.05) is 0 Å². The van der Waals surface area contributed by atoms with Crippen LogP contribution in [0.4, 0.5) is 0 Å². The number of nitrogens with zero attached hydrogens (tertiary/aromatic N) is 1. The molecule has 0 N–H and O–H groups in total. The van der Waals surface area contributed by atoms with Gasteiger partial charge in [0.25, 0.3) is 0 Å². The number of benzene rings is 1. The molecule has 126 valence electrons. The average Bonchev–Trinajstić information content (AvgIpc) is 2.60. The first-order chi connectivity index (χ1) is 11.3. The molecule has 0 aliphatic rings. The highest BCUT2D eigenvalue weighted by atomic mass is 35.5. The lowest BCUT2D eigenvalue weighted by molar-refractivity contribution is 0.0469. The number of rotatable bonds is 5. The van der Waals surface area contributed by atoms with Gasteiger partial charge in [-0.15, -0.1) is 0 Å². The minimum Gasteiger partial charge on any atom is -0.497 e. The summed E-state index contributed by atoms with van der Waals surface area (Å²) in [5, 5.41) is -0.589. The number of carbonyl (C=O) groups is 2. The van der Waals surface area contributed by atoms with E-state index < -0.39 is 18.4 Å². The molecule has 9 heteroatoms. The molecule has 0 aliphatic carbocycles. The molecular weight excluding hydrogens is 400 g/mol. The fraction of sp³-hybridized carbons (Fsp3) is 0.133. The number of esters is 1. The van der Waals surface area contributed by atoms with Crippen molar-refractivity contribution in [1.29, 1.82) is 0 Å². The topological polar surface area (TPSA) is 65.5 Å². The minimum atomic E-state index is -0.942. The van der Waals surface area contributed by atoms with Crippen LogP contribution in [0.25, 0.3) is 0 Å². The van der Waals surface area contributed by atoms with Crippen molar-refractivity contribution >= 4 is 58.2 Å². The molecule has 1 heterocycles. The second-order valence-electron chi connectivity index (χ2n) is 4.42. The van der Waals surface area contributed by atoms with E-state index in [0.717, 1.165) is 0 Å². The molecule has 5 nitrogen and oxygen atoms in total. The van der Waals surface area contributed by atoms with E-state index >= 15 is 0 Å². The van der Waals surface area contributed by atoms with Crippen LogP contribution in [0.5, 0.6) is 5.75 Å². The molecule has 1 aromatic heterocycles. The van der Waals surface area contributed by atoms with Crippen LogP contribution in [0.3, 0.4) is 0 Å². The van der Waals surface area contributed by atoms with Crippen LogP contribution in [-0.2, 0) is 4.74 Å². The van der Waals surface area contributed by atoms with Gasteiger partial charge in [-0.3, -0.25) is 4.79 Å². The van der Waals surface area contributed by atoms with Crippen molar-refractivity contribution < 1.29 is 19.1 Å². The van der Waals surface area contributed by atoms with Gasteiger partial charge in [0.2, 0.25) is 0 Å². The second-order valence-corrected chi connectivity index (χ2v) is 5.91. The van der Waals surface area contributed by atoms with Gasteiger partial charge in [-0.2, -0.15) is 0 Å². The zero-order valence-corrected chi connectivity index (χ0v) is 15.1. The molecule has 0 amide bonds. The zero-order chi connectivity index (χ0) is 17.9. The highest BCUT2D eigenvalue weighted by Crippen LogP contribution is 2.36. The van der Waals surface area contributed by atoms with Crippen LogP contribution >= 0.6 is 46.4 Å². The molecule has 0 fully saturated rings. The van der Waals surface area contributed by atoms with Gasteiger partial charge in [0.15, 0.2) is 18.1 Å². The Balaban J connectivity index is 2.09. The van der Waals surface area contributed by atoms with Crippen molar-refractivity contribution in [1.82, 2.24) is 4.98 Å². The summed E-state index contributed by atoms with van der Waals surface area (Å²) in [5.41, 5.74) is 0.0356. The Labute approximate surface area is 157 Å². The van der Waals surface area contributed by atoms with Gasteiger partial charge in [-0.1, -0.05) is 46.4 Å². The van der Waals surface area contributed by atoms with Gasteiger partial charge in [0.05, 0.1) is 22.2 Å². The minimum absolute atomic E-state index is 0.0748. The van der Waals surface area contributed by atoms with Crippen molar-refractivity contribution in [2.45, 2.75) is 0 Å². The maximum absolute atomic E-state index is 12.0. The molecule has 0 saturated heterocycles. The summed E-state index contributed by atoms with van der Waals surface area (Å²) in [5.74, 6) is -0.749. The van der Waals surface area contributed by atoms with Gasteiger partial charge in [-0.05, 0) is 24.3 Å². The zero-order valence-electron chi connectivity index (χ0n) is 12.1. The molecule has 0 atom stereocenters. The van der Waals surface area contributed by atoms with E-state index in [-0.39, 0.29) is 25.9 Å². The molecule has 1 aromatic carbocycles. The van der Waals surface area contributed by atoms with Crippen molar-refractivity contribution in [3.8, 4) is 5.75 Å². The number of hydrogen-bond acceptors (Lipinski definition) is 5. The molecule has 0 unspecified atom stereocenters. The Hall–Kier alpha value is -1.53. The van der Waals surface area contributed by atoms with Gasteiger partial charge >= 0.3 is 5.97 Å². The highest BCUT2D eigenvalue weighted by molar-refractivity contribution is 6.52. The summed E-state index contributed by atoms with van der Waals surface area (Å²) >= 11 is 23.3. The number of pyridine rings is 1. The second kappa shape index (κ2) is 8.03. The monoisotopic (exact) mass is 407 g/mol. The van der Waals surface area contributed by atoms with Crippen LogP contribution in [0.2, 0.25) is 20.2 Å². The summed E-state index contributed by atoms with van der Waals surface area (Å²) in [7, 11) is 1.51. The van der Waals surface area contributed by atoms with Crippen molar-refractivity contribution in [2.75, 3.05) is 13.7 Å². The normalized spacial score (nSPS) is 10.4. The van der Waals surface area contributed by atoms with E-state index in [2.05, 4.69) is 4.98 Å². The Morgan fingerprint density at radius 2 is 1.62 bits per heavy atom. The Morgan fingerprint density at radius 1 is 1.00 bits per heavy atom. The first-order valence-corrected chi connectivity index (χ1v) is 7.90. The standard InChI is InChI=1S/C15H9Cl4NO4/c1-23-8-4-2-7(3-5-8)9(21)6-24-15(22)13-11(17)10(16)12(18)14(19)20-13/h2-5H,6H2,1H3. The highest BCUT2D eigenvalue weighted by Gasteiger charge is 2.22. The number of carbonyl (C=O) groups excluding carboxylic acids is 2. The SMILES string of the molecule is COc1ccc(C(=O)COC(=O)c2nc(Cl)c(Cl)c(Cl)c2Cl)cc1. The van der Waals surface area contributed by atoms with Crippen molar-refractivity contribution in [3.63, 3.8) is 0 Å². The summed E-state index contributed by atoms with van der Waals surface area (Å²) in [6.07, 6.45) is 0. The van der Waals surface area contributed by atoms with Crippen LogP contribution in [0.1, 0.15) is 20.8 Å². The molecule has 2 rings (SSSR count). The number of hydrogen-bond donors (Lipinski definition) is 0. The third kappa shape index (κ3) is 4.11. The summed E-state index contributed by atoms with van der Waals surface area (Å²) in [6.45, 7) is -0.499. The summed E-state index contributed by atoms with van der Waals surface area (Å²) < 4.78 is 9.90. The lowest BCUT2D eigenvalue weighted by atomic mass is 10.1. The van der Waals surface area contributed by atoms with Gasteiger partial charge in [0.1, 0.15) is 10.9 Å². The van der Waals surface area contributed by atoms with Crippen LogP contribution in [0, 0.1) is 0 Å². The number of aromatic nitrogens is 1. The van der Waals surface area contributed by atoms with Crippen molar-refractivity contribution in [3.05, 3.63) is 55.7 Å².